The van der Waals surface area contributed by atoms with E-state index in [4.69, 9.17) is 10.5 Å². The molecule has 1 unspecified atom stereocenters. The Kier molecular flexibility index (Phi) is 3.82. The number of carbonyl (C=O) groups is 2. The number of hydrogen-bond donors (Lipinski definition) is 1. The molecule has 1 atom stereocenters. The molecule has 1 aliphatic heterocycles. The largest absolute Gasteiger partial charge is 0.426 e. The maximum Gasteiger partial charge on any atom is 0.316 e. The topological polar surface area (TPSA) is 72.6 Å². The Morgan fingerprint density at radius 2 is 2.00 bits per heavy atom. The van der Waals surface area contributed by atoms with Gasteiger partial charge in [-0.3, -0.25) is 4.79 Å². The molecule has 0 radical (unpaired) electrons. The lowest BCUT2D eigenvalue weighted by atomic mass is 9.98. The van der Waals surface area contributed by atoms with Gasteiger partial charge in [-0.2, -0.15) is 0 Å². The number of ether oxygens (including phenoxy) is 1. The summed E-state index contributed by atoms with van der Waals surface area (Å²) in [5.41, 5.74) is 5.22. The number of nitrogens with two attached hydrogens (primary N) is 1. The molecule has 1 saturated heterocycles. The molecule has 0 bridgehead atoms. The van der Waals surface area contributed by atoms with Gasteiger partial charge >= 0.3 is 12.0 Å². The number of primary amides is 1. The maximum absolute atomic E-state index is 11.9. The number of benzene rings is 1. The van der Waals surface area contributed by atoms with E-state index in [2.05, 4.69) is 0 Å². The van der Waals surface area contributed by atoms with Crippen LogP contribution in [-0.2, 0) is 4.79 Å². The molecular formula is C13H16N2O3. The molecule has 2 rings (SSSR count). The molecule has 1 aromatic carbocycles. The molecule has 1 aromatic rings. The number of piperidine rings is 1. The Hall–Kier alpha value is -2.04. The molecule has 0 spiro atoms. The van der Waals surface area contributed by atoms with Gasteiger partial charge in [0.15, 0.2) is 0 Å². The van der Waals surface area contributed by atoms with Crippen LogP contribution in [0.15, 0.2) is 30.3 Å². The molecule has 96 valence electrons. The number of hydrogen-bond acceptors (Lipinski definition) is 3. The van der Waals surface area contributed by atoms with Gasteiger partial charge in [-0.1, -0.05) is 18.2 Å². The highest BCUT2D eigenvalue weighted by molar-refractivity contribution is 5.77. The fourth-order valence-corrected chi connectivity index (χ4v) is 2.06. The van der Waals surface area contributed by atoms with Gasteiger partial charge in [0.2, 0.25) is 0 Å². The normalized spacial score (nSPS) is 19.3. The van der Waals surface area contributed by atoms with E-state index in [1.54, 1.807) is 24.3 Å². The Morgan fingerprint density at radius 3 is 2.67 bits per heavy atom. The van der Waals surface area contributed by atoms with E-state index in [0.29, 0.717) is 18.8 Å². The van der Waals surface area contributed by atoms with Gasteiger partial charge in [-0.05, 0) is 25.0 Å². The van der Waals surface area contributed by atoms with Crippen molar-refractivity contribution >= 4 is 12.0 Å². The van der Waals surface area contributed by atoms with Crippen LogP contribution in [-0.4, -0.2) is 30.0 Å². The third-order valence-electron chi connectivity index (χ3n) is 3.03. The Bertz CT molecular complexity index is 433. The summed E-state index contributed by atoms with van der Waals surface area (Å²) < 4.78 is 5.26. The van der Waals surface area contributed by atoms with Crippen molar-refractivity contribution in [2.45, 2.75) is 12.8 Å². The van der Waals surface area contributed by atoms with Gasteiger partial charge in [-0.15, -0.1) is 0 Å². The van der Waals surface area contributed by atoms with Gasteiger partial charge in [0, 0.05) is 13.1 Å². The predicted octanol–water partition coefficient (Wildman–Crippen LogP) is 1.38. The molecule has 5 nitrogen and oxygen atoms in total. The minimum absolute atomic E-state index is 0.286. The van der Waals surface area contributed by atoms with E-state index in [1.165, 1.54) is 4.90 Å². The van der Waals surface area contributed by atoms with E-state index in [1.807, 2.05) is 6.07 Å². The van der Waals surface area contributed by atoms with Crippen LogP contribution in [0, 0.1) is 5.92 Å². The maximum atomic E-state index is 11.9. The van der Waals surface area contributed by atoms with Crippen molar-refractivity contribution in [1.82, 2.24) is 4.90 Å². The molecule has 1 fully saturated rings. The van der Waals surface area contributed by atoms with E-state index < -0.39 is 6.03 Å². The second kappa shape index (κ2) is 5.53. The van der Waals surface area contributed by atoms with Crippen LogP contribution >= 0.6 is 0 Å². The monoisotopic (exact) mass is 248 g/mol. The van der Waals surface area contributed by atoms with Crippen molar-refractivity contribution in [2.75, 3.05) is 13.1 Å². The zero-order valence-corrected chi connectivity index (χ0v) is 10.0. The van der Waals surface area contributed by atoms with Crippen LogP contribution in [0.25, 0.3) is 0 Å². The first kappa shape index (κ1) is 12.4. The smallest absolute Gasteiger partial charge is 0.316 e. The van der Waals surface area contributed by atoms with E-state index in [9.17, 15) is 9.59 Å². The molecule has 5 heteroatoms. The summed E-state index contributed by atoms with van der Waals surface area (Å²) in [6.45, 7) is 0.964. The van der Waals surface area contributed by atoms with E-state index >= 15 is 0 Å². The summed E-state index contributed by atoms with van der Waals surface area (Å²) in [5, 5.41) is 0. The average Bonchev–Trinajstić information content (AvgIpc) is 2.40. The number of esters is 1. The lowest BCUT2D eigenvalue weighted by Crippen LogP contribution is -2.45. The summed E-state index contributed by atoms with van der Waals surface area (Å²) in [4.78, 5) is 24.5. The number of amides is 2. The van der Waals surface area contributed by atoms with Gasteiger partial charge in [0.1, 0.15) is 5.75 Å². The van der Waals surface area contributed by atoms with Crippen LogP contribution in [0.5, 0.6) is 5.75 Å². The van der Waals surface area contributed by atoms with Gasteiger partial charge in [-0.25, -0.2) is 4.79 Å². The standard InChI is InChI=1S/C13H16N2O3/c14-13(17)15-8-4-5-10(9-15)12(16)18-11-6-2-1-3-7-11/h1-3,6-7,10H,4-5,8-9H2,(H2,14,17). The average molecular weight is 248 g/mol. The summed E-state index contributed by atoms with van der Waals surface area (Å²) in [6.07, 6.45) is 1.51. The first-order valence-electron chi connectivity index (χ1n) is 5.98. The molecule has 0 saturated carbocycles. The van der Waals surface area contributed by atoms with Crippen LogP contribution in [0.1, 0.15) is 12.8 Å². The number of nitrogens with zero attached hydrogens (tertiary/aromatic N) is 1. The Morgan fingerprint density at radius 1 is 1.28 bits per heavy atom. The van der Waals surface area contributed by atoms with Crippen molar-refractivity contribution in [3.8, 4) is 5.75 Å². The second-order valence-electron chi connectivity index (χ2n) is 4.36. The minimum Gasteiger partial charge on any atom is -0.426 e. The van der Waals surface area contributed by atoms with Crippen molar-refractivity contribution in [3.63, 3.8) is 0 Å². The number of likely N-dealkylation sites (tertiary alicyclic amines) is 1. The zero-order valence-electron chi connectivity index (χ0n) is 10.0. The summed E-state index contributed by atoms with van der Waals surface area (Å²) in [6, 6.07) is 8.44. The first-order chi connectivity index (χ1) is 8.66. The molecule has 0 aromatic heterocycles. The van der Waals surface area contributed by atoms with E-state index in [-0.39, 0.29) is 11.9 Å². The van der Waals surface area contributed by atoms with Crippen molar-refractivity contribution in [1.29, 1.82) is 0 Å². The summed E-state index contributed by atoms with van der Waals surface area (Å²) >= 11 is 0. The molecule has 0 aliphatic carbocycles. The number of carbonyl (C=O) groups excluding carboxylic acids is 2. The fraction of sp³-hybridized carbons (Fsp3) is 0.385. The quantitative estimate of drug-likeness (QED) is 0.634. The first-order valence-corrected chi connectivity index (χ1v) is 5.98. The number of urea groups is 1. The lowest BCUT2D eigenvalue weighted by Gasteiger charge is -2.30. The SMILES string of the molecule is NC(=O)N1CCCC(C(=O)Oc2ccccc2)C1. The van der Waals surface area contributed by atoms with Crippen LogP contribution < -0.4 is 10.5 Å². The zero-order chi connectivity index (χ0) is 13.0. The minimum atomic E-state index is -0.479. The molecule has 2 amide bonds. The van der Waals surface area contributed by atoms with E-state index in [0.717, 1.165) is 12.8 Å². The molecule has 18 heavy (non-hydrogen) atoms. The summed E-state index contributed by atoms with van der Waals surface area (Å²) in [5.74, 6) is -0.0581. The number of rotatable bonds is 2. The van der Waals surface area contributed by atoms with Crippen molar-refractivity contribution in [3.05, 3.63) is 30.3 Å². The highest BCUT2D eigenvalue weighted by atomic mass is 16.5. The Labute approximate surface area is 106 Å². The second-order valence-corrected chi connectivity index (χ2v) is 4.36. The van der Waals surface area contributed by atoms with Gasteiger partial charge < -0.3 is 15.4 Å². The third kappa shape index (κ3) is 3.00. The number of para-hydroxylation sites is 1. The highest BCUT2D eigenvalue weighted by Gasteiger charge is 2.28. The Balaban J connectivity index is 1.95. The highest BCUT2D eigenvalue weighted by Crippen LogP contribution is 2.19. The molecule has 1 heterocycles. The van der Waals surface area contributed by atoms with Gasteiger partial charge in [0.25, 0.3) is 0 Å². The van der Waals surface area contributed by atoms with Crippen LogP contribution in [0.2, 0.25) is 0 Å². The van der Waals surface area contributed by atoms with Gasteiger partial charge in [0.05, 0.1) is 5.92 Å². The molecule has 2 N–H and O–H groups in total. The lowest BCUT2D eigenvalue weighted by molar-refractivity contribution is -0.140. The molecule has 1 aliphatic rings. The third-order valence-corrected chi connectivity index (χ3v) is 3.03. The summed E-state index contributed by atoms with van der Waals surface area (Å²) in [7, 11) is 0. The van der Waals surface area contributed by atoms with Crippen molar-refractivity contribution in [2.24, 2.45) is 11.7 Å². The van der Waals surface area contributed by atoms with Crippen LogP contribution in [0.4, 0.5) is 4.79 Å². The van der Waals surface area contributed by atoms with Crippen LogP contribution in [0.3, 0.4) is 0 Å². The van der Waals surface area contributed by atoms with Crippen molar-refractivity contribution < 1.29 is 14.3 Å². The molecular weight excluding hydrogens is 232 g/mol. The predicted molar refractivity (Wildman–Crippen MR) is 66.0 cm³/mol. The fourth-order valence-electron chi connectivity index (χ4n) is 2.06.